The summed E-state index contributed by atoms with van der Waals surface area (Å²) >= 11 is 6.17. The molecule has 0 saturated heterocycles. The maximum Gasteiger partial charge on any atom is 0.282 e. The predicted molar refractivity (Wildman–Crippen MR) is 161 cm³/mol. The first-order valence-corrected chi connectivity index (χ1v) is 13.2. The minimum Gasteiger partial charge on any atom is -0.488 e. The third-order valence-electron chi connectivity index (χ3n) is 6.56. The van der Waals surface area contributed by atoms with Crippen LogP contribution in [0, 0.1) is 5.82 Å². The second kappa shape index (κ2) is 10.9. The van der Waals surface area contributed by atoms with Crippen LogP contribution < -0.4 is 15.2 Å². The van der Waals surface area contributed by atoms with E-state index in [1.165, 1.54) is 16.8 Å². The highest BCUT2D eigenvalue weighted by atomic mass is 35.5. The van der Waals surface area contributed by atoms with Crippen LogP contribution in [0.15, 0.2) is 105 Å². The Balaban J connectivity index is 1.45. The molecule has 7 nitrogen and oxygen atoms in total. The fourth-order valence-corrected chi connectivity index (χ4v) is 4.64. The lowest BCUT2D eigenvalue weighted by atomic mass is 10.2. The summed E-state index contributed by atoms with van der Waals surface area (Å²) in [6.07, 6.45) is 1.54. The number of nitrogens with zero attached hydrogens (tertiary/aromatic N) is 4. The second-order valence-electron chi connectivity index (χ2n) is 9.64. The molecule has 0 aliphatic carbocycles. The van der Waals surface area contributed by atoms with Crippen LogP contribution in [0.5, 0.6) is 5.75 Å². The largest absolute Gasteiger partial charge is 0.488 e. The minimum absolute atomic E-state index is 0.153. The van der Waals surface area contributed by atoms with Gasteiger partial charge in [-0.05, 0) is 66.2 Å². The quantitative estimate of drug-likeness (QED) is 0.192. The summed E-state index contributed by atoms with van der Waals surface area (Å²) in [7, 11) is 3.85. The molecule has 0 atom stereocenters. The van der Waals surface area contributed by atoms with Crippen LogP contribution in [0.2, 0.25) is 5.02 Å². The summed E-state index contributed by atoms with van der Waals surface area (Å²) in [5.74, 6) is 0.793. The normalized spacial score (nSPS) is 11.5. The number of fused-ring (bicyclic) bond motifs is 2. The summed E-state index contributed by atoms with van der Waals surface area (Å²) in [6.45, 7) is 0.153. The molecule has 0 unspecified atom stereocenters. The molecule has 0 aliphatic rings. The number of benzene rings is 4. The summed E-state index contributed by atoms with van der Waals surface area (Å²) < 4.78 is 27.1. The number of rotatable bonds is 7. The zero-order valence-electron chi connectivity index (χ0n) is 22.2. The molecule has 0 amide bonds. The van der Waals surface area contributed by atoms with E-state index in [1.807, 2.05) is 43.3 Å². The first kappa shape index (κ1) is 26.3. The molecule has 0 radical (unpaired) electrons. The maximum atomic E-state index is 13.7. The monoisotopic (exact) mass is 566 g/mol. The van der Waals surface area contributed by atoms with Gasteiger partial charge < -0.3 is 14.1 Å². The van der Waals surface area contributed by atoms with Gasteiger partial charge in [-0.25, -0.2) is 9.37 Å². The minimum atomic E-state index is -0.354. The van der Waals surface area contributed by atoms with Crippen molar-refractivity contribution >= 4 is 45.4 Å². The van der Waals surface area contributed by atoms with E-state index in [0.717, 1.165) is 11.1 Å². The number of halogens is 2. The number of hydrogen-bond acceptors (Lipinski definition) is 6. The third-order valence-corrected chi connectivity index (χ3v) is 6.80. The molecule has 4 aromatic carbocycles. The van der Waals surface area contributed by atoms with Gasteiger partial charge in [-0.2, -0.15) is 9.78 Å². The molecule has 204 valence electrons. The number of para-hydroxylation sites is 1. The van der Waals surface area contributed by atoms with Crippen LogP contribution in [0.3, 0.4) is 0 Å². The number of anilines is 1. The smallest absolute Gasteiger partial charge is 0.282 e. The van der Waals surface area contributed by atoms with Crippen LogP contribution in [0.25, 0.3) is 33.5 Å². The lowest BCUT2D eigenvalue weighted by Gasteiger charge is -2.16. The zero-order chi connectivity index (χ0) is 28.5. The van der Waals surface area contributed by atoms with Gasteiger partial charge in [0.05, 0.1) is 17.1 Å². The molecule has 2 aromatic heterocycles. The van der Waals surface area contributed by atoms with Gasteiger partial charge in [0.25, 0.3) is 5.56 Å². The van der Waals surface area contributed by atoms with Crippen molar-refractivity contribution in [3.63, 3.8) is 0 Å². The topological polar surface area (TPSA) is 72.9 Å². The van der Waals surface area contributed by atoms with Gasteiger partial charge in [-0.15, -0.1) is 0 Å². The van der Waals surface area contributed by atoms with E-state index in [-0.39, 0.29) is 23.8 Å². The standard InChI is InChI=1S/C32H24ClFN4O3/c1-37(2)25-12-10-21(29(17-25)40-19-20-6-5-7-24(34)14-20)18-35-38-31(36-27-9-4-3-8-26(27)32(38)39)30-16-22-15-23(33)11-13-28(22)41-30/h3-18H,19H2,1-2H3. The lowest BCUT2D eigenvalue weighted by Crippen LogP contribution is -2.20. The maximum absolute atomic E-state index is 13.7. The van der Waals surface area contributed by atoms with Crippen LogP contribution >= 0.6 is 11.6 Å². The summed E-state index contributed by atoms with van der Waals surface area (Å²) in [4.78, 5) is 20.3. The Kier molecular flexibility index (Phi) is 6.99. The van der Waals surface area contributed by atoms with Crippen molar-refractivity contribution in [2.24, 2.45) is 5.10 Å². The molecular formula is C32H24ClFN4O3. The molecule has 9 heteroatoms. The number of hydrogen-bond donors (Lipinski definition) is 0. The van der Waals surface area contributed by atoms with Gasteiger partial charge >= 0.3 is 0 Å². The van der Waals surface area contributed by atoms with Gasteiger partial charge in [-0.1, -0.05) is 35.9 Å². The Labute approximate surface area is 239 Å². The number of aromatic nitrogens is 2. The van der Waals surface area contributed by atoms with Crippen molar-refractivity contribution in [3.05, 3.63) is 123 Å². The van der Waals surface area contributed by atoms with Crippen molar-refractivity contribution in [1.82, 2.24) is 9.66 Å². The molecule has 6 rings (SSSR count). The average molecular weight is 567 g/mol. The summed E-state index contributed by atoms with van der Waals surface area (Å²) in [5, 5.41) is 6.33. The van der Waals surface area contributed by atoms with E-state index in [4.69, 9.17) is 25.7 Å². The SMILES string of the molecule is CN(C)c1ccc(C=Nn2c(-c3cc4cc(Cl)ccc4o3)nc3ccccc3c2=O)c(OCc2cccc(F)c2)c1. The van der Waals surface area contributed by atoms with Crippen LogP contribution in [0.1, 0.15) is 11.1 Å². The average Bonchev–Trinajstić information content (AvgIpc) is 3.39. The summed E-state index contributed by atoms with van der Waals surface area (Å²) in [5.41, 5.74) is 2.98. The highest BCUT2D eigenvalue weighted by Gasteiger charge is 2.17. The van der Waals surface area contributed by atoms with Gasteiger partial charge in [0, 0.05) is 41.8 Å². The molecule has 0 fully saturated rings. The molecule has 0 bridgehead atoms. The molecule has 2 heterocycles. The van der Waals surface area contributed by atoms with E-state index in [0.29, 0.717) is 44.1 Å². The molecule has 0 N–H and O–H groups in total. The molecule has 0 aliphatic heterocycles. The van der Waals surface area contributed by atoms with Gasteiger partial charge in [0.1, 0.15) is 23.8 Å². The second-order valence-corrected chi connectivity index (χ2v) is 10.1. The Morgan fingerprint density at radius 1 is 1.02 bits per heavy atom. The van der Waals surface area contributed by atoms with Crippen molar-refractivity contribution < 1.29 is 13.5 Å². The third kappa shape index (κ3) is 5.42. The zero-order valence-corrected chi connectivity index (χ0v) is 23.0. The van der Waals surface area contributed by atoms with E-state index in [9.17, 15) is 9.18 Å². The molecule has 41 heavy (non-hydrogen) atoms. The Bertz CT molecular complexity index is 2000. The lowest BCUT2D eigenvalue weighted by molar-refractivity contribution is 0.305. The van der Waals surface area contributed by atoms with E-state index < -0.39 is 0 Å². The fraction of sp³-hybridized carbons (Fsp3) is 0.0938. The Hall–Kier alpha value is -4.95. The molecule has 6 aromatic rings. The van der Waals surface area contributed by atoms with Crippen molar-refractivity contribution in [1.29, 1.82) is 0 Å². The first-order valence-electron chi connectivity index (χ1n) is 12.8. The van der Waals surface area contributed by atoms with Crippen LogP contribution in [-0.2, 0) is 6.61 Å². The Morgan fingerprint density at radius 3 is 2.71 bits per heavy atom. The fourth-order valence-electron chi connectivity index (χ4n) is 4.46. The van der Waals surface area contributed by atoms with Gasteiger partial charge in [0.15, 0.2) is 5.76 Å². The van der Waals surface area contributed by atoms with E-state index in [1.54, 1.807) is 60.8 Å². The predicted octanol–water partition coefficient (Wildman–Crippen LogP) is 7.13. The summed E-state index contributed by atoms with van der Waals surface area (Å²) in [6, 6.07) is 26.0. The van der Waals surface area contributed by atoms with E-state index >= 15 is 0 Å². The molecular weight excluding hydrogens is 543 g/mol. The van der Waals surface area contributed by atoms with Crippen LogP contribution in [-0.4, -0.2) is 30.0 Å². The molecule has 0 saturated carbocycles. The van der Waals surface area contributed by atoms with Gasteiger partial charge in [-0.3, -0.25) is 4.79 Å². The molecule has 0 spiro atoms. The van der Waals surface area contributed by atoms with E-state index in [2.05, 4.69) is 5.10 Å². The number of ether oxygens (including phenoxy) is 1. The van der Waals surface area contributed by atoms with Crippen LogP contribution in [0.4, 0.5) is 10.1 Å². The highest BCUT2D eigenvalue weighted by molar-refractivity contribution is 6.31. The van der Waals surface area contributed by atoms with Crippen molar-refractivity contribution in [2.45, 2.75) is 6.61 Å². The van der Waals surface area contributed by atoms with Crippen molar-refractivity contribution in [2.75, 3.05) is 19.0 Å². The first-order chi connectivity index (χ1) is 19.9. The highest BCUT2D eigenvalue weighted by Crippen LogP contribution is 2.30. The van der Waals surface area contributed by atoms with Gasteiger partial charge in [0.2, 0.25) is 5.82 Å². The van der Waals surface area contributed by atoms with Crippen molar-refractivity contribution in [3.8, 4) is 17.3 Å². The number of furan rings is 1. The Morgan fingerprint density at radius 2 is 1.88 bits per heavy atom.